The number of rotatable bonds is 4. The van der Waals surface area contributed by atoms with E-state index in [1.807, 2.05) is 6.07 Å². The number of halogens is 1. The number of aromatic nitrogens is 2. The summed E-state index contributed by atoms with van der Waals surface area (Å²) in [4.78, 5) is 26.8. The summed E-state index contributed by atoms with van der Waals surface area (Å²) in [6.07, 6.45) is 0. The minimum atomic E-state index is -0.665. The van der Waals surface area contributed by atoms with Crippen LogP contribution in [0.3, 0.4) is 0 Å². The summed E-state index contributed by atoms with van der Waals surface area (Å²) in [5.74, 6) is -0.227. The van der Waals surface area contributed by atoms with E-state index in [9.17, 15) is 14.0 Å². The largest absolute Gasteiger partial charge is 0.439 e. The second-order valence-electron chi connectivity index (χ2n) is 5.20. The smallest absolute Gasteiger partial charge is 0.331 e. The van der Waals surface area contributed by atoms with Gasteiger partial charge in [-0.25, -0.2) is 9.18 Å². The van der Waals surface area contributed by atoms with Crippen LogP contribution in [-0.2, 0) is 6.54 Å². The summed E-state index contributed by atoms with van der Waals surface area (Å²) < 4.78 is 19.3. The van der Waals surface area contributed by atoms with E-state index in [4.69, 9.17) is 10.00 Å². The molecule has 3 rings (SSSR count). The average Bonchev–Trinajstić information content (AvgIpc) is 2.60. The Morgan fingerprint density at radius 3 is 2.52 bits per heavy atom. The zero-order chi connectivity index (χ0) is 17.8. The topological polar surface area (TPSA) is 87.9 Å². The molecular formula is C18H12FN3O3. The van der Waals surface area contributed by atoms with Crippen molar-refractivity contribution in [3.8, 4) is 17.7 Å². The predicted octanol–water partition coefficient (Wildman–Crippen LogP) is 2.39. The predicted molar refractivity (Wildman–Crippen MR) is 88.1 cm³/mol. The van der Waals surface area contributed by atoms with Gasteiger partial charge >= 0.3 is 5.69 Å². The van der Waals surface area contributed by atoms with E-state index in [0.29, 0.717) is 5.56 Å². The summed E-state index contributed by atoms with van der Waals surface area (Å²) in [5.41, 5.74) is -0.352. The van der Waals surface area contributed by atoms with E-state index >= 15 is 0 Å². The molecule has 6 nitrogen and oxygen atoms in total. The van der Waals surface area contributed by atoms with Crippen LogP contribution in [0.1, 0.15) is 11.1 Å². The Labute approximate surface area is 141 Å². The standard InChI is InChI=1S/C18H12FN3O3/c19-14-7-5-12(6-8-14)11-22-17(23)9-16(21-18(22)24)25-15-4-2-1-3-13(15)10-20/h1-9H,11H2,(H,21,24). The Bertz CT molecular complexity index is 1030. The van der Waals surface area contributed by atoms with Crippen LogP contribution in [0.2, 0.25) is 0 Å². The molecule has 0 spiro atoms. The second-order valence-corrected chi connectivity index (χ2v) is 5.20. The van der Waals surface area contributed by atoms with Gasteiger partial charge in [0.05, 0.1) is 18.2 Å². The number of para-hydroxylation sites is 1. The summed E-state index contributed by atoms with van der Waals surface area (Å²) in [6.45, 7) is 0.00348. The molecule has 0 amide bonds. The number of benzene rings is 2. The van der Waals surface area contributed by atoms with Gasteiger partial charge < -0.3 is 4.74 Å². The highest BCUT2D eigenvalue weighted by molar-refractivity contribution is 5.44. The SMILES string of the molecule is N#Cc1ccccc1Oc1cc(=O)n(Cc2ccc(F)cc2)c(=O)[nH]1. The van der Waals surface area contributed by atoms with E-state index in [1.165, 1.54) is 24.3 Å². The first kappa shape index (κ1) is 16.2. The number of hydrogen-bond donors (Lipinski definition) is 1. The zero-order valence-corrected chi connectivity index (χ0v) is 12.9. The van der Waals surface area contributed by atoms with E-state index in [0.717, 1.165) is 10.6 Å². The molecule has 3 aromatic rings. The van der Waals surface area contributed by atoms with Gasteiger partial charge in [0.25, 0.3) is 5.56 Å². The molecule has 0 fully saturated rings. The van der Waals surface area contributed by atoms with Crippen molar-refractivity contribution in [2.75, 3.05) is 0 Å². The third kappa shape index (κ3) is 3.64. The van der Waals surface area contributed by atoms with Crippen molar-refractivity contribution in [1.29, 1.82) is 5.26 Å². The van der Waals surface area contributed by atoms with Crippen LogP contribution in [0.5, 0.6) is 11.6 Å². The van der Waals surface area contributed by atoms with Crippen molar-refractivity contribution in [2.24, 2.45) is 0 Å². The average molecular weight is 337 g/mol. The molecular weight excluding hydrogens is 325 g/mol. The van der Waals surface area contributed by atoms with Gasteiger partial charge in [-0.15, -0.1) is 0 Å². The fourth-order valence-corrected chi connectivity index (χ4v) is 2.24. The Kier molecular flexibility index (Phi) is 4.44. The Hall–Kier alpha value is -3.66. The highest BCUT2D eigenvalue weighted by Crippen LogP contribution is 2.21. The molecule has 0 radical (unpaired) electrons. The van der Waals surface area contributed by atoms with Gasteiger partial charge in [-0.3, -0.25) is 14.3 Å². The quantitative estimate of drug-likeness (QED) is 0.792. The molecule has 2 aromatic carbocycles. The minimum absolute atomic E-state index is 0.00348. The number of hydrogen-bond acceptors (Lipinski definition) is 4. The van der Waals surface area contributed by atoms with Crippen molar-refractivity contribution >= 4 is 0 Å². The summed E-state index contributed by atoms with van der Waals surface area (Å²) in [6, 6.07) is 15.0. The molecule has 1 N–H and O–H groups in total. The molecule has 1 heterocycles. The third-order valence-corrected chi connectivity index (χ3v) is 3.48. The molecule has 124 valence electrons. The maximum absolute atomic E-state index is 12.9. The highest BCUT2D eigenvalue weighted by Gasteiger charge is 2.09. The first-order chi connectivity index (χ1) is 12.1. The molecule has 0 saturated carbocycles. The lowest BCUT2D eigenvalue weighted by Gasteiger charge is -2.09. The van der Waals surface area contributed by atoms with E-state index in [2.05, 4.69) is 4.98 Å². The van der Waals surface area contributed by atoms with Gasteiger partial charge in [0.15, 0.2) is 0 Å². The number of nitriles is 1. The minimum Gasteiger partial charge on any atom is -0.439 e. The lowest BCUT2D eigenvalue weighted by molar-refractivity contribution is 0.451. The van der Waals surface area contributed by atoms with Crippen molar-refractivity contribution in [1.82, 2.24) is 9.55 Å². The lowest BCUT2D eigenvalue weighted by Crippen LogP contribution is -2.34. The van der Waals surface area contributed by atoms with E-state index in [1.54, 1.807) is 24.3 Å². The van der Waals surface area contributed by atoms with E-state index < -0.39 is 17.1 Å². The van der Waals surface area contributed by atoms with Gasteiger partial charge in [-0.05, 0) is 29.8 Å². The highest BCUT2D eigenvalue weighted by atomic mass is 19.1. The van der Waals surface area contributed by atoms with Crippen molar-refractivity contribution < 1.29 is 9.13 Å². The lowest BCUT2D eigenvalue weighted by atomic mass is 10.2. The van der Waals surface area contributed by atoms with Crippen molar-refractivity contribution in [3.63, 3.8) is 0 Å². The zero-order valence-electron chi connectivity index (χ0n) is 12.9. The molecule has 0 aliphatic carbocycles. The Morgan fingerprint density at radius 2 is 1.84 bits per heavy atom. The molecule has 0 aliphatic heterocycles. The fraction of sp³-hybridized carbons (Fsp3) is 0.0556. The molecule has 0 saturated heterocycles. The van der Waals surface area contributed by atoms with Crippen LogP contribution in [0.4, 0.5) is 4.39 Å². The number of ether oxygens (including phenoxy) is 1. The maximum atomic E-state index is 12.9. The molecule has 0 bridgehead atoms. The molecule has 0 atom stereocenters. The first-order valence-electron chi connectivity index (χ1n) is 7.32. The number of aromatic amines is 1. The third-order valence-electron chi connectivity index (χ3n) is 3.48. The van der Waals surface area contributed by atoms with Crippen LogP contribution in [0, 0.1) is 17.1 Å². The summed E-state index contributed by atoms with van der Waals surface area (Å²) in [5, 5.41) is 9.04. The number of H-pyrrole nitrogens is 1. The maximum Gasteiger partial charge on any atom is 0.331 e. The summed E-state index contributed by atoms with van der Waals surface area (Å²) in [7, 11) is 0. The van der Waals surface area contributed by atoms with Gasteiger partial charge in [-0.1, -0.05) is 24.3 Å². The first-order valence-corrected chi connectivity index (χ1v) is 7.32. The fourth-order valence-electron chi connectivity index (χ4n) is 2.24. The second kappa shape index (κ2) is 6.84. The van der Waals surface area contributed by atoms with Gasteiger partial charge in [0.2, 0.25) is 5.88 Å². The summed E-state index contributed by atoms with van der Waals surface area (Å²) >= 11 is 0. The Morgan fingerprint density at radius 1 is 1.12 bits per heavy atom. The number of nitrogens with zero attached hydrogens (tertiary/aromatic N) is 2. The van der Waals surface area contributed by atoms with E-state index in [-0.39, 0.29) is 23.7 Å². The van der Waals surface area contributed by atoms with Crippen LogP contribution >= 0.6 is 0 Å². The Balaban J connectivity index is 1.90. The monoisotopic (exact) mass is 337 g/mol. The molecule has 25 heavy (non-hydrogen) atoms. The molecule has 1 aromatic heterocycles. The molecule has 7 heteroatoms. The van der Waals surface area contributed by atoms with Crippen molar-refractivity contribution in [3.05, 3.63) is 92.4 Å². The number of nitrogens with one attached hydrogen (secondary N) is 1. The van der Waals surface area contributed by atoms with Gasteiger partial charge in [0.1, 0.15) is 17.6 Å². The molecule has 0 unspecified atom stereocenters. The van der Waals surface area contributed by atoms with Crippen LogP contribution in [0.15, 0.2) is 64.2 Å². The normalized spacial score (nSPS) is 10.2. The van der Waals surface area contributed by atoms with Crippen LogP contribution in [0.25, 0.3) is 0 Å². The van der Waals surface area contributed by atoms with Crippen LogP contribution < -0.4 is 16.0 Å². The van der Waals surface area contributed by atoms with Gasteiger partial charge in [-0.2, -0.15) is 5.26 Å². The molecule has 0 aliphatic rings. The van der Waals surface area contributed by atoms with Crippen LogP contribution in [-0.4, -0.2) is 9.55 Å². The van der Waals surface area contributed by atoms with Crippen molar-refractivity contribution in [2.45, 2.75) is 6.54 Å². The van der Waals surface area contributed by atoms with Gasteiger partial charge in [0, 0.05) is 0 Å².